The van der Waals surface area contributed by atoms with Crippen LogP contribution in [0.5, 0.6) is 0 Å². The van der Waals surface area contributed by atoms with E-state index in [0.29, 0.717) is 25.7 Å². The number of hydroxylamine groups is 1. The summed E-state index contributed by atoms with van der Waals surface area (Å²) < 4.78 is 10.9. The molecular formula is C10H21NO3. The Morgan fingerprint density at radius 1 is 1.36 bits per heavy atom. The molecule has 0 aromatic carbocycles. The van der Waals surface area contributed by atoms with Gasteiger partial charge in [0, 0.05) is 0 Å². The van der Waals surface area contributed by atoms with Gasteiger partial charge in [-0.3, -0.25) is 0 Å². The van der Waals surface area contributed by atoms with E-state index in [1.807, 2.05) is 13.8 Å². The van der Waals surface area contributed by atoms with Crippen molar-refractivity contribution in [3.63, 3.8) is 0 Å². The van der Waals surface area contributed by atoms with E-state index < -0.39 is 5.79 Å². The summed E-state index contributed by atoms with van der Waals surface area (Å²) in [5.74, 6) is 0.0836. The average Bonchev–Trinajstić information content (AvgIpc) is 2.07. The van der Waals surface area contributed by atoms with Gasteiger partial charge in [-0.2, -0.15) is 5.48 Å². The molecule has 0 amide bonds. The topological polar surface area (TPSA) is 39.7 Å². The van der Waals surface area contributed by atoms with Gasteiger partial charge >= 0.3 is 0 Å². The normalized spacial score (nSPS) is 22.9. The molecule has 0 radical (unpaired) electrons. The van der Waals surface area contributed by atoms with Crippen LogP contribution < -0.4 is 5.48 Å². The zero-order valence-electron chi connectivity index (χ0n) is 9.50. The number of hydrogen-bond donors (Lipinski definition) is 1. The van der Waals surface area contributed by atoms with Crippen molar-refractivity contribution < 1.29 is 14.3 Å². The zero-order valence-corrected chi connectivity index (χ0v) is 9.50. The van der Waals surface area contributed by atoms with Crippen molar-refractivity contribution in [1.82, 2.24) is 5.48 Å². The van der Waals surface area contributed by atoms with E-state index in [0.717, 1.165) is 0 Å². The molecule has 0 saturated carbocycles. The van der Waals surface area contributed by atoms with Gasteiger partial charge in [-0.1, -0.05) is 13.8 Å². The van der Waals surface area contributed by atoms with Gasteiger partial charge in [-0.05, 0) is 19.8 Å². The second-order valence-corrected chi connectivity index (χ2v) is 4.54. The molecule has 4 nitrogen and oxygen atoms in total. The standard InChI is InChI=1S/C10H21NO3/c1-8(2)5-14-11-9-6-12-10(3,4)13-7-9/h8-9,11H,5-7H2,1-4H3. The third-order valence-electron chi connectivity index (χ3n) is 1.93. The maximum Gasteiger partial charge on any atom is 0.162 e. The minimum Gasteiger partial charge on any atom is -0.349 e. The van der Waals surface area contributed by atoms with Gasteiger partial charge in [0.2, 0.25) is 0 Å². The quantitative estimate of drug-likeness (QED) is 0.699. The highest BCUT2D eigenvalue weighted by Crippen LogP contribution is 2.16. The van der Waals surface area contributed by atoms with Crippen LogP contribution >= 0.6 is 0 Å². The molecule has 1 rings (SSSR count). The predicted molar refractivity (Wildman–Crippen MR) is 53.7 cm³/mol. The van der Waals surface area contributed by atoms with E-state index in [-0.39, 0.29) is 6.04 Å². The highest BCUT2D eigenvalue weighted by atomic mass is 16.7. The predicted octanol–water partition coefficient (Wildman–Crippen LogP) is 1.32. The molecule has 1 heterocycles. The van der Waals surface area contributed by atoms with Crippen LogP contribution in [0.15, 0.2) is 0 Å². The van der Waals surface area contributed by atoms with Crippen molar-refractivity contribution in [3.8, 4) is 0 Å². The molecule has 0 aromatic heterocycles. The molecule has 0 atom stereocenters. The molecule has 1 aliphatic heterocycles. The number of ether oxygens (including phenoxy) is 2. The first kappa shape index (κ1) is 11.9. The zero-order chi connectivity index (χ0) is 10.6. The van der Waals surface area contributed by atoms with Crippen LogP contribution in [0.4, 0.5) is 0 Å². The van der Waals surface area contributed by atoms with Crippen molar-refractivity contribution >= 4 is 0 Å². The van der Waals surface area contributed by atoms with Gasteiger partial charge in [0.1, 0.15) is 0 Å². The second-order valence-electron chi connectivity index (χ2n) is 4.54. The molecule has 0 unspecified atom stereocenters. The Balaban J connectivity index is 2.10. The van der Waals surface area contributed by atoms with Crippen LogP contribution in [0, 0.1) is 5.92 Å². The molecular weight excluding hydrogens is 182 g/mol. The lowest BCUT2D eigenvalue weighted by atomic mass is 10.2. The van der Waals surface area contributed by atoms with Gasteiger partial charge in [-0.15, -0.1) is 0 Å². The first-order valence-corrected chi connectivity index (χ1v) is 5.15. The Morgan fingerprint density at radius 3 is 2.43 bits per heavy atom. The SMILES string of the molecule is CC(C)CONC1COC(C)(C)OC1. The molecule has 1 N–H and O–H groups in total. The minimum absolute atomic E-state index is 0.141. The Bertz CT molecular complexity index is 161. The van der Waals surface area contributed by atoms with Crippen LogP contribution in [0.2, 0.25) is 0 Å². The van der Waals surface area contributed by atoms with Crippen LogP contribution in [0.25, 0.3) is 0 Å². The lowest BCUT2D eigenvalue weighted by Gasteiger charge is -2.34. The number of hydrogen-bond acceptors (Lipinski definition) is 4. The number of rotatable bonds is 4. The fourth-order valence-electron chi connectivity index (χ4n) is 1.09. The summed E-state index contributed by atoms with van der Waals surface area (Å²) in [4.78, 5) is 5.29. The molecule has 14 heavy (non-hydrogen) atoms. The van der Waals surface area contributed by atoms with Gasteiger partial charge < -0.3 is 14.3 Å². The first-order chi connectivity index (χ1) is 6.49. The van der Waals surface area contributed by atoms with Crippen LogP contribution in [-0.2, 0) is 14.3 Å². The molecule has 0 aromatic rings. The summed E-state index contributed by atoms with van der Waals surface area (Å²) in [5, 5.41) is 0. The van der Waals surface area contributed by atoms with Crippen molar-refractivity contribution in [1.29, 1.82) is 0 Å². The fourth-order valence-corrected chi connectivity index (χ4v) is 1.09. The monoisotopic (exact) mass is 203 g/mol. The van der Waals surface area contributed by atoms with Crippen LogP contribution in [0.3, 0.4) is 0 Å². The van der Waals surface area contributed by atoms with Crippen molar-refractivity contribution in [2.75, 3.05) is 19.8 Å². The molecule has 0 spiro atoms. The van der Waals surface area contributed by atoms with Gasteiger partial charge in [-0.25, -0.2) is 0 Å². The first-order valence-electron chi connectivity index (χ1n) is 5.15. The Morgan fingerprint density at radius 2 is 1.93 bits per heavy atom. The summed E-state index contributed by atoms with van der Waals surface area (Å²) in [6, 6.07) is 0.141. The van der Waals surface area contributed by atoms with Crippen LogP contribution in [0.1, 0.15) is 27.7 Å². The summed E-state index contributed by atoms with van der Waals surface area (Å²) >= 11 is 0. The largest absolute Gasteiger partial charge is 0.349 e. The fraction of sp³-hybridized carbons (Fsp3) is 1.00. The van der Waals surface area contributed by atoms with E-state index in [1.165, 1.54) is 0 Å². The summed E-state index contributed by atoms with van der Waals surface area (Å²) in [6.07, 6.45) is 0. The lowest BCUT2D eigenvalue weighted by molar-refractivity contribution is -0.262. The second kappa shape index (κ2) is 5.07. The lowest BCUT2D eigenvalue weighted by Crippen LogP contribution is -2.48. The van der Waals surface area contributed by atoms with Crippen molar-refractivity contribution in [2.24, 2.45) is 5.92 Å². The van der Waals surface area contributed by atoms with E-state index in [1.54, 1.807) is 0 Å². The summed E-state index contributed by atoms with van der Waals surface area (Å²) in [6.45, 7) is 10.0. The minimum atomic E-state index is -0.448. The highest BCUT2D eigenvalue weighted by Gasteiger charge is 2.28. The highest BCUT2D eigenvalue weighted by molar-refractivity contribution is 4.69. The van der Waals surface area contributed by atoms with E-state index in [9.17, 15) is 0 Å². The Labute approximate surface area is 85.9 Å². The molecule has 1 saturated heterocycles. The molecule has 84 valence electrons. The van der Waals surface area contributed by atoms with Gasteiger partial charge in [0.25, 0.3) is 0 Å². The van der Waals surface area contributed by atoms with Gasteiger partial charge in [0.15, 0.2) is 5.79 Å². The molecule has 1 aliphatic rings. The third-order valence-corrected chi connectivity index (χ3v) is 1.93. The molecule has 0 bridgehead atoms. The third kappa shape index (κ3) is 4.37. The maximum atomic E-state index is 5.47. The van der Waals surface area contributed by atoms with E-state index in [4.69, 9.17) is 14.3 Å². The van der Waals surface area contributed by atoms with E-state index in [2.05, 4.69) is 19.3 Å². The maximum absolute atomic E-state index is 5.47. The van der Waals surface area contributed by atoms with Crippen LogP contribution in [-0.4, -0.2) is 31.6 Å². The Hall–Kier alpha value is -0.160. The van der Waals surface area contributed by atoms with Crippen molar-refractivity contribution in [3.05, 3.63) is 0 Å². The van der Waals surface area contributed by atoms with E-state index >= 15 is 0 Å². The molecule has 1 fully saturated rings. The molecule has 0 aliphatic carbocycles. The smallest absolute Gasteiger partial charge is 0.162 e. The average molecular weight is 203 g/mol. The summed E-state index contributed by atoms with van der Waals surface area (Å²) in [5.41, 5.74) is 2.94. The Kier molecular flexibility index (Phi) is 4.31. The molecule has 4 heteroatoms. The number of nitrogens with one attached hydrogen (secondary N) is 1. The summed E-state index contributed by atoms with van der Waals surface area (Å²) in [7, 11) is 0. The van der Waals surface area contributed by atoms with Crippen molar-refractivity contribution in [2.45, 2.75) is 39.5 Å². The van der Waals surface area contributed by atoms with Gasteiger partial charge in [0.05, 0.1) is 25.9 Å².